The Morgan fingerprint density at radius 1 is 1.22 bits per heavy atom. The first kappa shape index (κ1) is 13.4. The highest BCUT2D eigenvalue weighted by Crippen LogP contribution is 2.26. The van der Waals surface area contributed by atoms with Crippen LogP contribution in [0.2, 0.25) is 0 Å². The van der Waals surface area contributed by atoms with Gasteiger partial charge in [0.2, 0.25) is 6.20 Å². The van der Waals surface area contributed by atoms with Crippen LogP contribution in [0.1, 0.15) is 16.7 Å². The van der Waals surface area contributed by atoms with Crippen LogP contribution >= 0.6 is 27.7 Å². The maximum absolute atomic E-state index is 9.64. The first-order valence-corrected chi connectivity index (χ1v) is 7.44. The Balaban J connectivity index is 2.16. The molecule has 2 nitrogen and oxygen atoms in total. The van der Waals surface area contributed by atoms with Crippen molar-refractivity contribution in [1.29, 1.82) is 0 Å². The molecule has 2 aromatic rings. The second kappa shape index (κ2) is 5.76. The molecule has 4 heteroatoms. The zero-order chi connectivity index (χ0) is 13.1. The van der Waals surface area contributed by atoms with Crippen LogP contribution in [0.4, 0.5) is 0 Å². The quantitative estimate of drug-likeness (QED) is 0.526. The molecule has 0 radical (unpaired) electrons. The lowest BCUT2D eigenvalue weighted by Gasteiger charge is -2.07. The van der Waals surface area contributed by atoms with E-state index in [-0.39, 0.29) is 0 Å². The van der Waals surface area contributed by atoms with Gasteiger partial charge in [0.25, 0.3) is 5.03 Å². The maximum Gasteiger partial charge on any atom is 0.291 e. The zero-order valence-corrected chi connectivity index (χ0v) is 12.8. The number of pyridine rings is 1. The van der Waals surface area contributed by atoms with Gasteiger partial charge in [0.15, 0.2) is 0 Å². The molecule has 0 aliphatic rings. The van der Waals surface area contributed by atoms with Crippen LogP contribution in [0, 0.1) is 13.8 Å². The normalized spacial score (nSPS) is 10.6. The van der Waals surface area contributed by atoms with Gasteiger partial charge in [-0.25, -0.2) is 0 Å². The summed E-state index contributed by atoms with van der Waals surface area (Å²) in [5.74, 6) is 0.852. The monoisotopic (exact) mass is 324 g/mol. The molecule has 0 aliphatic carbocycles. The van der Waals surface area contributed by atoms with Crippen LogP contribution in [0.25, 0.3) is 0 Å². The fraction of sp³-hybridized carbons (Fsp3) is 0.214. The molecular weight excluding hydrogens is 310 g/mol. The lowest BCUT2D eigenvalue weighted by atomic mass is 10.1. The number of nitrogens with zero attached hydrogens (tertiary/aromatic N) is 1. The van der Waals surface area contributed by atoms with Crippen molar-refractivity contribution in [1.82, 2.24) is 0 Å². The van der Waals surface area contributed by atoms with Crippen LogP contribution in [0.3, 0.4) is 0 Å². The van der Waals surface area contributed by atoms with Gasteiger partial charge in [-0.3, -0.25) is 5.21 Å². The molecule has 18 heavy (non-hydrogen) atoms. The van der Waals surface area contributed by atoms with Gasteiger partial charge in [0.1, 0.15) is 0 Å². The molecular formula is C14H15BrNOS+. The van der Waals surface area contributed by atoms with Crippen LogP contribution in [-0.4, -0.2) is 5.21 Å². The van der Waals surface area contributed by atoms with Crippen molar-refractivity contribution in [3.05, 3.63) is 57.7 Å². The Morgan fingerprint density at radius 3 is 2.72 bits per heavy atom. The van der Waals surface area contributed by atoms with Crippen molar-refractivity contribution in [2.75, 3.05) is 0 Å². The van der Waals surface area contributed by atoms with Gasteiger partial charge in [-0.05, 0) is 54.4 Å². The Labute approximate surface area is 120 Å². The number of hydrogen-bond donors (Lipinski definition) is 1. The predicted octanol–water partition coefficient (Wildman–Crippen LogP) is 3.88. The summed E-state index contributed by atoms with van der Waals surface area (Å²) in [4.78, 5) is 0. The molecule has 1 aromatic carbocycles. The van der Waals surface area contributed by atoms with Crippen LogP contribution in [0.5, 0.6) is 0 Å². The van der Waals surface area contributed by atoms with Gasteiger partial charge in [-0.15, -0.1) is 0 Å². The van der Waals surface area contributed by atoms with Crippen molar-refractivity contribution < 1.29 is 9.94 Å². The summed E-state index contributed by atoms with van der Waals surface area (Å²) >= 11 is 5.16. The summed E-state index contributed by atoms with van der Waals surface area (Å²) in [5.41, 5.74) is 3.80. The molecule has 2 rings (SSSR count). The number of hydrogen-bond acceptors (Lipinski definition) is 2. The third-order valence-corrected chi connectivity index (χ3v) is 4.72. The first-order valence-electron chi connectivity index (χ1n) is 5.66. The zero-order valence-electron chi connectivity index (χ0n) is 10.4. The van der Waals surface area contributed by atoms with E-state index in [1.807, 2.05) is 12.1 Å². The van der Waals surface area contributed by atoms with Gasteiger partial charge in [-0.2, -0.15) is 0 Å². The fourth-order valence-electron chi connectivity index (χ4n) is 1.68. The topological polar surface area (TPSA) is 24.1 Å². The lowest BCUT2D eigenvalue weighted by Crippen LogP contribution is -2.31. The minimum atomic E-state index is 0.845. The molecule has 0 aliphatic heterocycles. The van der Waals surface area contributed by atoms with Crippen LogP contribution in [-0.2, 0) is 5.75 Å². The summed E-state index contributed by atoms with van der Waals surface area (Å²) in [5, 5.41) is 10.5. The van der Waals surface area contributed by atoms with Crippen LogP contribution < -0.4 is 4.73 Å². The van der Waals surface area contributed by atoms with E-state index in [0.29, 0.717) is 0 Å². The molecule has 0 saturated heterocycles. The SMILES string of the molecule is Cc1cc(CSc2cccc[n+]2O)c(C)cc1Br. The van der Waals surface area contributed by atoms with Crippen molar-refractivity contribution in [3.63, 3.8) is 0 Å². The number of thioether (sulfide) groups is 1. The minimum Gasteiger partial charge on any atom is -0.284 e. The van der Waals surface area contributed by atoms with E-state index in [4.69, 9.17) is 0 Å². The summed E-state index contributed by atoms with van der Waals surface area (Å²) < 4.78 is 2.30. The highest BCUT2D eigenvalue weighted by atomic mass is 79.9. The van der Waals surface area contributed by atoms with Gasteiger partial charge >= 0.3 is 0 Å². The highest BCUT2D eigenvalue weighted by Gasteiger charge is 2.10. The van der Waals surface area contributed by atoms with Crippen molar-refractivity contribution in [2.45, 2.75) is 24.6 Å². The second-order valence-corrected chi connectivity index (χ2v) is 6.05. The average Bonchev–Trinajstić information content (AvgIpc) is 2.34. The number of aromatic nitrogens is 1. The van der Waals surface area contributed by atoms with E-state index in [1.165, 1.54) is 16.7 Å². The standard InChI is InChI=1S/C14H15BrNOS/c1-10-8-13(15)11(2)7-12(10)9-18-14-5-3-4-6-16(14)17/h3-8,17H,9H2,1-2H3/q+1. The van der Waals surface area contributed by atoms with Crippen molar-refractivity contribution in [3.8, 4) is 0 Å². The van der Waals surface area contributed by atoms with Crippen molar-refractivity contribution >= 4 is 27.7 Å². The Bertz CT molecular complexity index is 572. The third-order valence-electron chi connectivity index (χ3n) is 2.80. The number of aryl methyl sites for hydroxylation is 2. The van der Waals surface area contributed by atoms with Gasteiger partial charge < -0.3 is 0 Å². The molecule has 0 fully saturated rings. The van der Waals surface area contributed by atoms with Gasteiger partial charge in [0, 0.05) is 27.1 Å². The predicted molar refractivity (Wildman–Crippen MR) is 77.0 cm³/mol. The number of benzene rings is 1. The number of halogens is 1. The summed E-state index contributed by atoms with van der Waals surface area (Å²) in [6, 6.07) is 9.97. The molecule has 0 bridgehead atoms. The first-order chi connectivity index (χ1) is 8.58. The van der Waals surface area contributed by atoms with E-state index >= 15 is 0 Å². The Morgan fingerprint density at radius 2 is 2.00 bits per heavy atom. The van der Waals surface area contributed by atoms with Crippen molar-refractivity contribution in [2.24, 2.45) is 0 Å². The molecule has 0 saturated carbocycles. The Kier molecular flexibility index (Phi) is 4.30. The molecule has 0 spiro atoms. The summed E-state index contributed by atoms with van der Waals surface area (Å²) in [6.45, 7) is 4.20. The van der Waals surface area contributed by atoms with E-state index < -0.39 is 0 Å². The molecule has 1 aromatic heterocycles. The Hall–Kier alpha value is -1.00. The fourth-order valence-corrected chi connectivity index (χ4v) is 3.12. The van der Waals surface area contributed by atoms with Gasteiger partial charge in [-0.1, -0.05) is 22.0 Å². The van der Waals surface area contributed by atoms with Crippen LogP contribution in [0.15, 0.2) is 46.0 Å². The maximum atomic E-state index is 9.64. The summed E-state index contributed by atoms with van der Waals surface area (Å²) in [6.07, 6.45) is 1.64. The molecule has 0 atom stereocenters. The third kappa shape index (κ3) is 3.06. The molecule has 1 heterocycles. The van der Waals surface area contributed by atoms with E-state index in [2.05, 4.69) is 41.9 Å². The highest BCUT2D eigenvalue weighted by molar-refractivity contribution is 9.10. The second-order valence-electron chi connectivity index (χ2n) is 4.20. The van der Waals surface area contributed by atoms with E-state index in [0.717, 1.165) is 20.0 Å². The van der Waals surface area contributed by atoms with E-state index in [1.54, 1.807) is 24.0 Å². The smallest absolute Gasteiger partial charge is 0.284 e. The minimum absolute atomic E-state index is 0.845. The summed E-state index contributed by atoms with van der Waals surface area (Å²) in [7, 11) is 0. The lowest BCUT2D eigenvalue weighted by molar-refractivity contribution is -0.932. The molecule has 94 valence electrons. The van der Waals surface area contributed by atoms with Gasteiger partial charge in [0.05, 0.1) is 0 Å². The largest absolute Gasteiger partial charge is 0.291 e. The molecule has 0 amide bonds. The molecule has 1 N–H and O–H groups in total. The molecule has 0 unspecified atom stereocenters. The average molecular weight is 325 g/mol. The number of rotatable bonds is 3. The van der Waals surface area contributed by atoms with E-state index in [9.17, 15) is 5.21 Å².